The van der Waals surface area contributed by atoms with E-state index < -0.39 is 0 Å². The molecule has 3 aromatic rings. The number of aliphatic imine (C=N–C) groups is 1. The molecule has 4 nitrogen and oxygen atoms in total. The van der Waals surface area contributed by atoms with Crippen LogP contribution in [-0.4, -0.2) is 34.1 Å². The highest BCUT2D eigenvalue weighted by atomic mass is 32.1. The fourth-order valence-corrected chi connectivity index (χ4v) is 4.56. The Morgan fingerprint density at radius 3 is 2.34 bits per heavy atom. The van der Waals surface area contributed by atoms with Gasteiger partial charge in [-0.15, -0.1) is 0 Å². The maximum absolute atomic E-state index is 4.70. The molecule has 0 radical (unpaired) electrons. The average Bonchev–Trinajstić information content (AvgIpc) is 3.32. The summed E-state index contributed by atoms with van der Waals surface area (Å²) in [6.07, 6.45) is 10.9. The lowest BCUT2D eigenvalue weighted by Gasteiger charge is -2.22. The van der Waals surface area contributed by atoms with Crippen LogP contribution in [0.25, 0.3) is 16.6 Å². The molecular formula is C27H30N4S. The number of aromatic nitrogens is 2. The average molecular weight is 443 g/mol. The molecule has 4 rings (SSSR count). The Bertz CT molecular complexity index is 1160. The number of allylic oxidation sites excluding steroid dienone is 5. The molecule has 0 N–H and O–H groups in total. The van der Waals surface area contributed by atoms with Crippen LogP contribution in [0.1, 0.15) is 44.7 Å². The molecule has 1 heterocycles. The van der Waals surface area contributed by atoms with E-state index in [0.29, 0.717) is 0 Å². The van der Waals surface area contributed by atoms with Gasteiger partial charge in [-0.25, -0.2) is 0 Å². The van der Waals surface area contributed by atoms with Crippen molar-refractivity contribution >= 4 is 39.7 Å². The van der Waals surface area contributed by atoms with Crippen LogP contribution >= 0.6 is 11.7 Å². The molecule has 1 aliphatic rings. The summed E-state index contributed by atoms with van der Waals surface area (Å²) in [5.41, 5.74) is 8.81. The third kappa shape index (κ3) is 4.73. The molecule has 0 saturated carbocycles. The summed E-state index contributed by atoms with van der Waals surface area (Å²) in [5.74, 6) is 0. The number of fused-ring (bicyclic) bond motifs is 1. The molecule has 5 heteroatoms. The predicted octanol–water partition coefficient (Wildman–Crippen LogP) is 6.71. The topological polar surface area (TPSA) is 41.4 Å². The highest BCUT2D eigenvalue weighted by Gasteiger charge is 2.16. The molecule has 0 atom stereocenters. The normalized spacial score (nSPS) is 13.1. The van der Waals surface area contributed by atoms with Crippen LogP contribution in [0.15, 0.2) is 77.3 Å². The van der Waals surface area contributed by atoms with Crippen LogP contribution in [0.3, 0.4) is 0 Å². The van der Waals surface area contributed by atoms with Gasteiger partial charge in [-0.2, -0.15) is 8.75 Å². The van der Waals surface area contributed by atoms with Crippen molar-refractivity contribution in [2.75, 3.05) is 24.5 Å². The monoisotopic (exact) mass is 442 g/mol. The number of unbranched alkanes of at least 4 members (excludes halogenated alkanes) is 1. The second kappa shape index (κ2) is 10.5. The van der Waals surface area contributed by atoms with Gasteiger partial charge in [-0.05, 0) is 67.3 Å². The lowest BCUT2D eigenvalue weighted by Crippen LogP contribution is -2.21. The van der Waals surface area contributed by atoms with Crippen molar-refractivity contribution in [3.8, 4) is 0 Å². The lowest BCUT2D eigenvalue weighted by molar-refractivity contribution is 0.809. The quantitative estimate of drug-likeness (QED) is 0.364. The third-order valence-corrected chi connectivity index (χ3v) is 6.34. The smallest absolute Gasteiger partial charge is 0.112 e. The van der Waals surface area contributed by atoms with Crippen molar-refractivity contribution in [2.45, 2.75) is 33.6 Å². The van der Waals surface area contributed by atoms with E-state index in [1.165, 1.54) is 28.6 Å². The second-order valence-electron chi connectivity index (χ2n) is 7.81. The van der Waals surface area contributed by atoms with Gasteiger partial charge in [0.15, 0.2) is 0 Å². The van der Waals surface area contributed by atoms with E-state index >= 15 is 0 Å². The SMILES string of the molecule is CCCCN=C1C=CC(=C(c2ccc(N(CC)CC)cc2)c2cccc3nsnc23)C=C1. The molecule has 1 aromatic heterocycles. The maximum Gasteiger partial charge on any atom is 0.112 e. The second-order valence-corrected chi connectivity index (χ2v) is 8.34. The Morgan fingerprint density at radius 2 is 1.66 bits per heavy atom. The van der Waals surface area contributed by atoms with Crippen LogP contribution in [0, 0.1) is 0 Å². The highest BCUT2D eigenvalue weighted by molar-refractivity contribution is 7.00. The molecule has 0 unspecified atom stereocenters. The number of hydrogen-bond acceptors (Lipinski definition) is 5. The molecule has 2 aromatic carbocycles. The Hall–Kier alpha value is -3.05. The summed E-state index contributed by atoms with van der Waals surface area (Å²) in [4.78, 5) is 7.06. The van der Waals surface area contributed by atoms with Gasteiger partial charge in [0.25, 0.3) is 0 Å². The number of nitrogens with zero attached hydrogens (tertiary/aromatic N) is 4. The first-order valence-corrected chi connectivity index (χ1v) is 12.2. The summed E-state index contributed by atoms with van der Waals surface area (Å²) >= 11 is 1.27. The predicted molar refractivity (Wildman–Crippen MR) is 139 cm³/mol. The Balaban J connectivity index is 1.80. The summed E-state index contributed by atoms with van der Waals surface area (Å²) in [6, 6.07) is 15.1. The molecule has 164 valence electrons. The lowest BCUT2D eigenvalue weighted by atomic mass is 9.90. The summed E-state index contributed by atoms with van der Waals surface area (Å²) < 4.78 is 9.07. The molecule has 0 saturated heterocycles. The highest BCUT2D eigenvalue weighted by Crippen LogP contribution is 2.34. The molecule has 1 aliphatic carbocycles. The van der Waals surface area contributed by atoms with Crippen molar-refractivity contribution in [3.63, 3.8) is 0 Å². The fourth-order valence-electron chi connectivity index (χ4n) is 4.01. The first-order chi connectivity index (χ1) is 15.7. The van der Waals surface area contributed by atoms with E-state index in [2.05, 4.69) is 95.1 Å². The van der Waals surface area contributed by atoms with Gasteiger partial charge in [0.2, 0.25) is 0 Å². The van der Waals surface area contributed by atoms with Gasteiger partial charge < -0.3 is 4.90 Å². The fraction of sp³-hybridized carbons (Fsp3) is 0.296. The van der Waals surface area contributed by atoms with Crippen molar-refractivity contribution in [2.24, 2.45) is 4.99 Å². The third-order valence-electron chi connectivity index (χ3n) is 5.80. The van der Waals surface area contributed by atoms with Crippen LogP contribution in [-0.2, 0) is 0 Å². The minimum atomic E-state index is 0.878. The molecule has 0 aliphatic heterocycles. The van der Waals surface area contributed by atoms with Crippen molar-refractivity contribution in [1.82, 2.24) is 8.75 Å². The first kappa shape index (κ1) is 22.2. The van der Waals surface area contributed by atoms with E-state index in [4.69, 9.17) is 4.99 Å². The molecular weight excluding hydrogens is 412 g/mol. The van der Waals surface area contributed by atoms with Gasteiger partial charge in [0.1, 0.15) is 11.0 Å². The molecule has 0 spiro atoms. The standard InChI is InChI=1S/C27H30N4S/c1-4-7-19-28-22-15-11-20(12-16-22)26(24-9-8-10-25-27(24)30-32-29-25)21-13-17-23(18-14-21)31(5-2)6-3/h8-18H,4-7,19H2,1-3H3. The van der Waals surface area contributed by atoms with Crippen molar-refractivity contribution < 1.29 is 0 Å². The van der Waals surface area contributed by atoms with Gasteiger partial charge in [-0.3, -0.25) is 4.99 Å². The largest absolute Gasteiger partial charge is 0.372 e. The van der Waals surface area contributed by atoms with Gasteiger partial charge >= 0.3 is 0 Å². The molecule has 0 amide bonds. The van der Waals surface area contributed by atoms with Gasteiger partial charge in [0, 0.05) is 30.9 Å². The van der Waals surface area contributed by atoms with Crippen LogP contribution < -0.4 is 4.90 Å². The molecule has 0 fully saturated rings. The minimum Gasteiger partial charge on any atom is -0.372 e. The Labute approximate surface area is 195 Å². The van der Waals surface area contributed by atoms with E-state index in [1.807, 2.05) is 6.07 Å². The van der Waals surface area contributed by atoms with E-state index in [1.54, 1.807) is 0 Å². The summed E-state index contributed by atoms with van der Waals surface area (Å²) in [5, 5.41) is 0. The zero-order valence-electron chi connectivity index (χ0n) is 19.1. The van der Waals surface area contributed by atoms with Crippen LogP contribution in [0.4, 0.5) is 5.69 Å². The van der Waals surface area contributed by atoms with Crippen molar-refractivity contribution in [1.29, 1.82) is 0 Å². The first-order valence-electron chi connectivity index (χ1n) is 11.5. The van der Waals surface area contributed by atoms with Gasteiger partial charge in [0.05, 0.1) is 17.4 Å². The van der Waals surface area contributed by atoms with Crippen LogP contribution in [0.5, 0.6) is 0 Å². The summed E-state index contributed by atoms with van der Waals surface area (Å²) in [6.45, 7) is 9.46. The number of benzene rings is 2. The van der Waals surface area contributed by atoms with Crippen LogP contribution in [0.2, 0.25) is 0 Å². The zero-order valence-corrected chi connectivity index (χ0v) is 19.9. The Kier molecular flexibility index (Phi) is 7.28. The minimum absolute atomic E-state index is 0.878. The van der Waals surface area contributed by atoms with Gasteiger partial charge in [-0.1, -0.05) is 49.8 Å². The van der Waals surface area contributed by atoms with E-state index in [9.17, 15) is 0 Å². The van der Waals surface area contributed by atoms with Crippen molar-refractivity contribution in [3.05, 3.63) is 83.5 Å². The summed E-state index contributed by atoms with van der Waals surface area (Å²) in [7, 11) is 0. The number of rotatable bonds is 8. The molecule has 0 bridgehead atoms. The van der Waals surface area contributed by atoms with E-state index in [0.717, 1.165) is 60.4 Å². The van der Waals surface area contributed by atoms with E-state index in [-0.39, 0.29) is 0 Å². The number of anilines is 1. The number of hydrogen-bond donors (Lipinski definition) is 0. The Morgan fingerprint density at radius 1 is 0.906 bits per heavy atom. The maximum atomic E-state index is 4.70. The molecule has 32 heavy (non-hydrogen) atoms. The zero-order chi connectivity index (χ0) is 22.3.